The number of hydrogen-bond acceptors (Lipinski definition) is 7. The van der Waals surface area contributed by atoms with E-state index in [1.807, 2.05) is 44.2 Å². The van der Waals surface area contributed by atoms with Crippen molar-refractivity contribution in [1.29, 1.82) is 0 Å². The molecule has 0 saturated carbocycles. The van der Waals surface area contributed by atoms with E-state index in [1.165, 1.54) is 10.6 Å². The molecule has 3 heterocycles. The minimum Gasteiger partial charge on any atom is -0.372 e. The van der Waals surface area contributed by atoms with Crippen LogP contribution in [0.15, 0.2) is 51.9 Å². The van der Waals surface area contributed by atoms with Crippen molar-refractivity contribution in [3.63, 3.8) is 0 Å². The topological polar surface area (TPSA) is 77.6 Å². The third kappa shape index (κ3) is 3.43. The number of nitrogens with zero attached hydrogens (tertiary/aromatic N) is 3. The predicted octanol–water partition coefficient (Wildman–Crippen LogP) is 4.27. The van der Waals surface area contributed by atoms with Crippen LogP contribution in [0.3, 0.4) is 0 Å². The third-order valence-corrected chi connectivity index (χ3v) is 6.41. The molecule has 9 heteroatoms. The van der Waals surface area contributed by atoms with Crippen molar-refractivity contribution in [2.45, 2.75) is 26.1 Å². The van der Waals surface area contributed by atoms with Crippen LogP contribution in [0.1, 0.15) is 24.2 Å². The molecule has 2 aromatic carbocycles. The molecule has 164 valence electrons. The summed E-state index contributed by atoms with van der Waals surface area (Å²) in [5, 5.41) is 4.25. The van der Waals surface area contributed by atoms with Gasteiger partial charge in [0.05, 0.1) is 28.2 Å². The lowest BCUT2D eigenvalue weighted by molar-refractivity contribution is -0.00543. The highest BCUT2D eigenvalue weighted by Gasteiger charge is 2.29. The van der Waals surface area contributed by atoms with Crippen molar-refractivity contribution in [2.24, 2.45) is 0 Å². The minimum atomic E-state index is -0.670. The van der Waals surface area contributed by atoms with Crippen LogP contribution >= 0.6 is 11.3 Å². The summed E-state index contributed by atoms with van der Waals surface area (Å²) in [4.78, 5) is 26.9. The van der Waals surface area contributed by atoms with Crippen LogP contribution in [0.25, 0.3) is 27.2 Å². The Labute approximate surface area is 186 Å². The Kier molecular flexibility index (Phi) is 5.15. The van der Waals surface area contributed by atoms with Gasteiger partial charge in [0.2, 0.25) is 5.58 Å². The molecule has 0 spiro atoms. The van der Waals surface area contributed by atoms with Crippen molar-refractivity contribution >= 4 is 34.3 Å². The molecule has 1 aliphatic rings. The van der Waals surface area contributed by atoms with Gasteiger partial charge in [-0.3, -0.25) is 14.2 Å². The highest BCUT2D eigenvalue weighted by atomic mass is 32.1. The van der Waals surface area contributed by atoms with E-state index in [4.69, 9.17) is 9.26 Å². The number of halogens is 1. The van der Waals surface area contributed by atoms with E-state index in [9.17, 15) is 9.59 Å². The lowest BCUT2D eigenvalue weighted by Crippen LogP contribution is -2.46. The maximum Gasteiger partial charge on any atom is 0.313 e. The van der Waals surface area contributed by atoms with Crippen molar-refractivity contribution in [3.8, 4) is 16.3 Å². The van der Waals surface area contributed by atoms with Crippen LogP contribution in [0.5, 0.6) is 0 Å². The highest BCUT2D eigenvalue weighted by molar-refractivity contribution is 7.12. The van der Waals surface area contributed by atoms with Gasteiger partial charge in [-0.25, -0.2) is 4.39 Å². The zero-order valence-electron chi connectivity index (χ0n) is 17.4. The highest BCUT2D eigenvalue weighted by Crippen LogP contribution is 2.35. The van der Waals surface area contributed by atoms with Crippen molar-refractivity contribution in [1.82, 2.24) is 9.72 Å². The number of anilines is 1. The predicted molar refractivity (Wildman–Crippen MR) is 120 cm³/mol. The van der Waals surface area contributed by atoms with Crippen molar-refractivity contribution in [3.05, 3.63) is 63.6 Å². The number of ether oxygens (including phenoxy) is 1. The second-order valence-electron chi connectivity index (χ2n) is 7.89. The van der Waals surface area contributed by atoms with Crippen LogP contribution in [0, 0.1) is 5.82 Å². The lowest BCUT2D eigenvalue weighted by Gasteiger charge is -2.37. The second-order valence-corrected chi connectivity index (χ2v) is 8.88. The molecule has 1 fully saturated rings. The lowest BCUT2D eigenvalue weighted by atomic mass is 10.1. The second kappa shape index (κ2) is 7.99. The molecule has 1 saturated heterocycles. The van der Waals surface area contributed by atoms with Gasteiger partial charge in [0.1, 0.15) is 0 Å². The molecule has 5 rings (SSSR count). The summed E-state index contributed by atoms with van der Waals surface area (Å²) in [5.74, 6) is -0.517. The van der Waals surface area contributed by atoms with E-state index in [0.717, 1.165) is 21.8 Å². The van der Waals surface area contributed by atoms with Gasteiger partial charge < -0.3 is 14.2 Å². The van der Waals surface area contributed by atoms with Crippen molar-refractivity contribution < 1.29 is 18.4 Å². The summed E-state index contributed by atoms with van der Waals surface area (Å²) >= 11 is 1.06. The number of carbonyl (C=O) groups is 1. The SMILES string of the molecule is C[C@@H]1CN(c2c(C=O)cc3c(-n4cc(-c5ccccc5)sc4=O)noc3c2F)C[C@@H](C)O1. The normalized spacial score (nSPS) is 18.9. The fraction of sp³-hybridized carbons (Fsp3) is 0.261. The van der Waals surface area contributed by atoms with Gasteiger partial charge in [-0.1, -0.05) is 46.8 Å². The standard InChI is InChI=1S/C23H20FN3O4S/c1-13-9-26(10-14(2)30-13)20-16(12-28)8-17-21(19(20)24)31-25-22(17)27-11-18(32-23(27)29)15-6-4-3-5-7-15/h3-8,11-14H,9-10H2,1-2H3/t13-,14-/m1/s1. The molecule has 0 bridgehead atoms. The molecule has 2 aromatic heterocycles. The van der Waals surface area contributed by atoms with Gasteiger partial charge >= 0.3 is 4.87 Å². The van der Waals surface area contributed by atoms with Crippen LogP contribution in [0.4, 0.5) is 10.1 Å². The number of morpholine rings is 1. The number of fused-ring (bicyclic) bond motifs is 1. The Balaban J connectivity index is 1.64. The molecule has 0 radical (unpaired) electrons. The Morgan fingerprint density at radius 2 is 1.91 bits per heavy atom. The van der Waals surface area contributed by atoms with Crippen LogP contribution < -0.4 is 9.77 Å². The molecule has 4 aromatic rings. The Morgan fingerprint density at radius 3 is 2.59 bits per heavy atom. The van der Waals surface area contributed by atoms with Crippen LogP contribution in [-0.2, 0) is 4.74 Å². The van der Waals surface area contributed by atoms with Gasteiger partial charge in [-0.05, 0) is 25.5 Å². The van der Waals surface area contributed by atoms with E-state index in [1.54, 1.807) is 11.1 Å². The van der Waals surface area contributed by atoms with E-state index in [0.29, 0.717) is 19.4 Å². The number of thiazole rings is 1. The zero-order chi connectivity index (χ0) is 22.4. The zero-order valence-corrected chi connectivity index (χ0v) is 18.3. The monoisotopic (exact) mass is 453 g/mol. The van der Waals surface area contributed by atoms with Crippen LogP contribution in [-0.4, -0.2) is 41.3 Å². The number of benzene rings is 2. The van der Waals surface area contributed by atoms with Gasteiger partial charge in [0, 0.05) is 24.8 Å². The number of rotatable bonds is 4. The summed E-state index contributed by atoms with van der Waals surface area (Å²) in [6.45, 7) is 4.69. The first-order valence-corrected chi connectivity index (χ1v) is 11.0. The number of hydrogen-bond donors (Lipinski definition) is 0. The first-order chi connectivity index (χ1) is 15.5. The van der Waals surface area contributed by atoms with Gasteiger partial charge in [-0.2, -0.15) is 0 Å². The first-order valence-electron chi connectivity index (χ1n) is 10.2. The smallest absolute Gasteiger partial charge is 0.313 e. The Hall–Kier alpha value is -3.30. The van der Waals surface area contributed by atoms with E-state index in [-0.39, 0.29) is 45.1 Å². The molecule has 2 atom stereocenters. The quantitative estimate of drug-likeness (QED) is 0.430. The molecular weight excluding hydrogens is 433 g/mol. The summed E-state index contributed by atoms with van der Waals surface area (Å²) in [6, 6.07) is 11.0. The fourth-order valence-electron chi connectivity index (χ4n) is 4.20. The van der Waals surface area contributed by atoms with E-state index >= 15 is 4.39 Å². The van der Waals surface area contributed by atoms with E-state index in [2.05, 4.69) is 5.16 Å². The average molecular weight is 453 g/mol. The Morgan fingerprint density at radius 1 is 1.19 bits per heavy atom. The molecule has 1 aliphatic heterocycles. The molecule has 0 unspecified atom stereocenters. The summed E-state index contributed by atoms with van der Waals surface area (Å²) < 4.78 is 28.0. The molecule has 0 N–H and O–H groups in total. The van der Waals surface area contributed by atoms with E-state index < -0.39 is 5.82 Å². The third-order valence-electron chi connectivity index (χ3n) is 5.48. The van der Waals surface area contributed by atoms with Gasteiger partial charge in [0.25, 0.3) is 0 Å². The summed E-state index contributed by atoms with van der Waals surface area (Å²) in [7, 11) is 0. The van der Waals surface area contributed by atoms with Gasteiger partial charge in [0.15, 0.2) is 17.9 Å². The average Bonchev–Trinajstić information content (AvgIpc) is 3.36. The summed E-state index contributed by atoms with van der Waals surface area (Å²) in [5.41, 5.74) is 1.14. The first kappa shape index (κ1) is 20.6. The van der Waals surface area contributed by atoms with Crippen LogP contribution in [0.2, 0.25) is 0 Å². The molecule has 0 amide bonds. The van der Waals surface area contributed by atoms with Crippen molar-refractivity contribution in [2.75, 3.05) is 18.0 Å². The molecule has 32 heavy (non-hydrogen) atoms. The largest absolute Gasteiger partial charge is 0.372 e. The summed E-state index contributed by atoms with van der Waals surface area (Å²) in [6.07, 6.45) is 2.04. The fourth-order valence-corrected chi connectivity index (χ4v) is 5.04. The minimum absolute atomic E-state index is 0.0910. The molecule has 0 aliphatic carbocycles. The Bertz CT molecular complexity index is 1350. The maximum atomic E-state index is 15.6. The number of carbonyl (C=O) groups excluding carboxylic acids is 1. The number of aromatic nitrogens is 2. The number of aldehydes is 1. The molecule has 7 nitrogen and oxygen atoms in total. The molecular formula is C23H20FN3O4S. The van der Waals surface area contributed by atoms with Gasteiger partial charge in [-0.15, -0.1) is 0 Å². The maximum absolute atomic E-state index is 15.6.